The molecule has 1 fully saturated rings. The number of ether oxygens (including phenoxy) is 2. The number of alkyl halides is 4. The summed E-state index contributed by atoms with van der Waals surface area (Å²) < 4.78 is 59.2. The Morgan fingerprint density at radius 1 is 1.39 bits per heavy atom. The maximum atomic E-state index is 13.2. The minimum Gasteiger partial charge on any atom is -0.466 e. The van der Waals surface area contributed by atoms with Crippen molar-refractivity contribution in [2.45, 2.75) is 18.6 Å². The average Bonchev–Trinajstić information content (AvgIpc) is 2.60. The number of pyridine rings is 1. The fraction of sp³-hybridized carbons (Fsp3) is 0.500. The molecule has 0 bridgehead atoms. The second-order valence-corrected chi connectivity index (χ2v) is 3.71. The molecule has 8 heteroatoms. The van der Waals surface area contributed by atoms with E-state index in [1.54, 1.807) is 0 Å². The number of hydrogen-bond donors (Lipinski definition) is 1. The van der Waals surface area contributed by atoms with Gasteiger partial charge in [0.2, 0.25) is 5.88 Å². The van der Waals surface area contributed by atoms with Crippen molar-refractivity contribution in [1.29, 1.82) is 0 Å². The third-order valence-electron chi connectivity index (χ3n) is 2.36. The van der Waals surface area contributed by atoms with Gasteiger partial charge in [-0.3, -0.25) is 0 Å². The summed E-state index contributed by atoms with van der Waals surface area (Å²) in [5.41, 5.74) is 0. The summed E-state index contributed by atoms with van der Waals surface area (Å²) in [6.07, 6.45) is -0.325. The third-order valence-corrected chi connectivity index (χ3v) is 2.36. The van der Waals surface area contributed by atoms with Gasteiger partial charge < -0.3 is 14.8 Å². The van der Waals surface area contributed by atoms with Gasteiger partial charge in [0.1, 0.15) is 5.75 Å². The van der Waals surface area contributed by atoms with Gasteiger partial charge in [-0.1, -0.05) is 0 Å². The Hall–Kier alpha value is -1.57. The van der Waals surface area contributed by atoms with E-state index >= 15 is 0 Å². The number of rotatable bonds is 4. The normalized spacial score (nSPS) is 22.2. The highest BCUT2D eigenvalue weighted by Crippen LogP contribution is 2.26. The first-order chi connectivity index (χ1) is 8.47. The maximum Gasteiger partial charge on any atom is 0.387 e. The van der Waals surface area contributed by atoms with Gasteiger partial charge in [-0.05, 0) is 6.07 Å². The zero-order valence-corrected chi connectivity index (χ0v) is 9.08. The van der Waals surface area contributed by atoms with Gasteiger partial charge in [-0.15, -0.1) is 0 Å². The van der Waals surface area contributed by atoms with Crippen LogP contribution in [0.25, 0.3) is 0 Å². The molecule has 0 unspecified atom stereocenters. The fourth-order valence-electron chi connectivity index (χ4n) is 1.52. The van der Waals surface area contributed by atoms with Crippen molar-refractivity contribution in [3.05, 3.63) is 18.3 Å². The van der Waals surface area contributed by atoms with Crippen LogP contribution in [0.5, 0.6) is 11.6 Å². The van der Waals surface area contributed by atoms with E-state index in [-0.39, 0.29) is 18.2 Å². The van der Waals surface area contributed by atoms with E-state index in [4.69, 9.17) is 4.74 Å². The van der Waals surface area contributed by atoms with Crippen LogP contribution in [-0.4, -0.2) is 36.7 Å². The van der Waals surface area contributed by atoms with Gasteiger partial charge in [0.15, 0.2) is 6.10 Å². The Balaban J connectivity index is 1.98. The van der Waals surface area contributed by atoms with Crippen molar-refractivity contribution in [2.75, 3.05) is 13.1 Å². The molecule has 0 amide bonds. The van der Waals surface area contributed by atoms with Crippen molar-refractivity contribution in [3.8, 4) is 11.6 Å². The number of nitrogens with zero attached hydrogens (tertiary/aromatic N) is 1. The Kier molecular flexibility index (Phi) is 3.55. The van der Waals surface area contributed by atoms with Gasteiger partial charge in [-0.25, -0.2) is 13.8 Å². The quantitative estimate of drug-likeness (QED) is 0.842. The van der Waals surface area contributed by atoms with Gasteiger partial charge >= 0.3 is 6.61 Å². The summed E-state index contributed by atoms with van der Waals surface area (Å²) in [6.45, 7) is -3.41. The highest BCUT2D eigenvalue weighted by atomic mass is 19.3. The number of aromatic nitrogens is 1. The van der Waals surface area contributed by atoms with Gasteiger partial charge in [0.25, 0.3) is 5.92 Å². The van der Waals surface area contributed by atoms with E-state index in [1.165, 1.54) is 12.1 Å². The zero-order chi connectivity index (χ0) is 13.2. The SMILES string of the molecule is FC(F)Oc1ccc(O[C@H]2CNCC2(F)F)nc1. The van der Waals surface area contributed by atoms with E-state index in [0.717, 1.165) is 6.20 Å². The molecule has 0 aliphatic carbocycles. The first-order valence-corrected chi connectivity index (χ1v) is 5.13. The molecule has 1 aliphatic heterocycles. The van der Waals surface area contributed by atoms with Crippen LogP contribution < -0.4 is 14.8 Å². The summed E-state index contributed by atoms with van der Waals surface area (Å²) >= 11 is 0. The monoisotopic (exact) mass is 266 g/mol. The van der Waals surface area contributed by atoms with Crippen LogP contribution in [0.3, 0.4) is 0 Å². The average molecular weight is 266 g/mol. The first-order valence-electron chi connectivity index (χ1n) is 5.13. The summed E-state index contributed by atoms with van der Waals surface area (Å²) in [5.74, 6) is -3.20. The molecular weight excluding hydrogens is 256 g/mol. The van der Waals surface area contributed by atoms with Gasteiger partial charge in [0, 0.05) is 12.6 Å². The van der Waals surface area contributed by atoms with E-state index < -0.39 is 25.2 Å². The van der Waals surface area contributed by atoms with E-state index in [9.17, 15) is 17.6 Å². The number of nitrogens with one attached hydrogen (secondary N) is 1. The molecule has 100 valence electrons. The van der Waals surface area contributed by atoms with Crippen LogP contribution in [0, 0.1) is 0 Å². The molecular formula is C10H10F4N2O2. The van der Waals surface area contributed by atoms with Crippen LogP contribution >= 0.6 is 0 Å². The summed E-state index contributed by atoms with van der Waals surface area (Å²) in [6, 6.07) is 2.38. The summed E-state index contributed by atoms with van der Waals surface area (Å²) in [7, 11) is 0. The lowest BCUT2D eigenvalue weighted by atomic mass is 10.2. The van der Waals surface area contributed by atoms with Crippen LogP contribution in [0.4, 0.5) is 17.6 Å². The Morgan fingerprint density at radius 3 is 2.67 bits per heavy atom. The van der Waals surface area contributed by atoms with E-state index in [1.807, 2.05) is 0 Å². The lowest BCUT2D eigenvalue weighted by Gasteiger charge is -2.18. The zero-order valence-electron chi connectivity index (χ0n) is 9.08. The minimum atomic E-state index is -2.97. The van der Waals surface area contributed by atoms with Crippen molar-refractivity contribution in [1.82, 2.24) is 10.3 Å². The van der Waals surface area contributed by atoms with Gasteiger partial charge in [0.05, 0.1) is 12.7 Å². The molecule has 4 nitrogen and oxygen atoms in total. The molecule has 0 radical (unpaired) electrons. The molecule has 1 aliphatic rings. The molecule has 1 N–H and O–H groups in total. The second-order valence-electron chi connectivity index (χ2n) is 3.71. The van der Waals surface area contributed by atoms with Crippen LogP contribution in [0.2, 0.25) is 0 Å². The molecule has 0 aromatic carbocycles. The highest BCUT2D eigenvalue weighted by Gasteiger charge is 2.46. The van der Waals surface area contributed by atoms with Crippen molar-refractivity contribution in [2.24, 2.45) is 0 Å². The molecule has 1 aromatic rings. The molecule has 0 spiro atoms. The predicted molar refractivity (Wildman–Crippen MR) is 53.1 cm³/mol. The van der Waals surface area contributed by atoms with E-state index in [0.29, 0.717) is 0 Å². The second kappa shape index (κ2) is 4.97. The molecule has 2 heterocycles. The van der Waals surface area contributed by atoms with Crippen molar-refractivity contribution in [3.63, 3.8) is 0 Å². The fourth-order valence-corrected chi connectivity index (χ4v) is 1.52. The van der Waals surface area contributed by atoms with Crippen LogP contribution in [-0.2, 0) is 0 Å². The lowest BCUT2D eigenvalue weighted by molar-refractivity contribution is -0.0615. The minimum absolute atomic E-state index is 0.00393. The Labute approximate surface area is 99.9 Å². The van der Waals surface area contributed by atoms with Gasteiger partial charge in [-0.2, -0.15) is 8.78 Å². The third kappa shape index (κ3) is 3.00. The highest BCUT2D eigenvalue weighted by molar-refractivity contribution is 5.23. The lowest BCUT2D eigenvalue weighted by Crippen LogP contribution is -2.36. The maximum absolute atomic E-state index is 13.2. The Bertz CT molecular complexity index is 399. The molecule has 2 rings (SSSR count). The first kappa shape index (κ1) is 12.9. The molecule has 18 heavy (non-hydrogen) atoms. The molecule has 1 saturated heterocycles. The standard InChI is InChI=1S/C10H10F4N2O2/c11-9(12)17-6-1-2-8(16-3-6)18-7-4-15-5-10(7,13)14/h1-3,7,9,15H,4-5H2/t7-/m0/s1. The van der Waals surface area contributed by atoms with E-state index in [2.05, 4.69) is 15.0 Å². The number of hydrogen-bond acceptors (Lipinski definition) is 4. The number of halogens is 4. The van der Waals surface area contributed by atoms with Crippen LogP contribution in [0.1, 0.15) is 0 Å². The topological polar surface area (TPSA) is 43.4 Å². The van der Waals surface area contributed by atoms with Crippen molar-refractivity contribution >= 4 is 0 Å². The molecule has 0 saturated carbocycles. The summed E-state index contributed by atoms with van der Waals surface area (Å²) in [5, 5.41) is 2.49. The predicted octanol–water partition coefficient (Wildman–Crippen LogP) is 1.67. The smallest absolute Gasteiger partial charge is 0.387 e. The van der Waals surface area contributed by atoms with Crippen LogP contribution in [0.15, 0.2) is 18.3 Å². The summed E-state index contributed by atoms with van der Waals surface area (Å²) in [4.78, 5) is 3.62. The van der Waals surface area contributed by atoms with Crippen molar-refractivity contribution < 1.29 is 27.0 Å². The molecule has 1 aromatic heterocycles. The largest absolute Gasteiger partial charge is 0.466 e. The Morgan fingerprint density at radius 2 is 2.17 bits per heavy atom. The molecule has 1 atom stereocenters.